The lowest BCUT2D eigenvalue weighted by molar-refractivity contribution is -0.139. The molecule has 0 saturated heterocycles. The molecule has 4 rings (SSSR count). The first-order valence-corrected chi connectivity index (χ1v) is 11.0. The second kappa shape index (κ2) is 10.7. The largest absolute Gasteiger partial charge is 0.493 e. The molecule has 2 aromatic carbocycles. The number of benzene rings is 2. The van der Waals surface area contributed by atoms with E-state index in [2.05, 4.69) is 10.1 Å². The number of methoxy groups -OCH3 is 1. The minimum atomic E-state index is -0.337. The van der Waals surface area contributed by atoms with E-state index >= 15 is 0 Å². The monoisotopic (exact) mass is 461 g/mol. The number of aromatic nitrogens is 3. The molecule has 176 valence electrons. The van der Waals surface area contributed by atoms with Crippen LogP contribution in [0.1, 0.15) is 22.6 Å². The van der Waals surface area contributed by atoms with Crippen LogP contribution in [0.2, 0.25) is 0 Å². The molecule has 0 aliphatic heterocycles. The highest BCUT2D eigenvalue weighted by Crippen LogP contribution is 2.22. The zero-order chi connectivity index (χ0) is 23.9. The van der Waals surface area contributed by atoms with Gasteiger partial charge in [-0.2, -0.15) is 0 Å². The summed E-state index contributed by atoms with van der Waals surface area (Å²) in [5, 5.41) is 4.28. The zero-order valence-corrected chi connectivity index (χ0v) is 19.5. The molecule has 0 bridgehead atoms. The van der Waals surface area contributed by atoms with E-state index in [1.807, 2.05) is 61.5 Å². The lowest BCUT2D eigenvalue weighted by Crippen LogP contribution is -2.06. The summed E-state index contributed by atoms with van der Waals surface area (Å²) in [6, 6.07) is 17.5. The van der Waals surface area contributed by atoms with Crippen LogP contribution < -0.4 is 9.47 Å². The van der Waals surface area contributed by atoms with Gasteiger partial charge in [-0.05, 0) is 36.8 Å². The summed E-state index contributed by atoms with van der Waals surface area (Å²) in [7, 11) is 3.14. The summed E-state index contributed by atoms with van der Waals surface area (Å²) >= 11 is 0. The predicted molar refractivity (Wildman–Crippen MR) is 126 cm³/mol. The first kappa shape index (κ1) is 23.1. The predicted octanol–water partition coefficient (Wildman–Crippen LogP) is 4.30. The molecular weight excluding hydrogens is 434 g/mol. The molecule has 8 nitrogen and oxygen atoms in total. The third-order valence-electron chi connectivity index (χ3n) is 5.25. The van der Waals surface area contributed by atoms with Gasteiger partial charge in [0.25, 0.3) is 0 Å². The Labute approximate surface area is 198 Å². The molecule has 0 unspecified atom stereocenters. The molecule has 0 spiro atoms. The number of hydrogen-bond donors (Lipinski definition) is 0. The van der Waals surface area contributed by atoms with E-state index in [9.17, 15) is 4.79 Å². The van der Waals surface area contributed by atoms with Gasteiger partial charge in [0.1, 0.15) is 18.1 Å². The summed E-state index contributed by atoms with van der Waals surface area (Å²) < 4.78 is 23.9. The van der Waals surface area contributed by atoms with Gasteiger partial charge in [-0.15, -0.1) is 5.10 Å². The minimum Gasteiger partial charge on any atom is -0.493 e. The smallest absolute Gasteiger partial charge is 0.310 e. The Balaban J connectivity index is 1.28. The Kier molecular flexibility index (Phi) is 7.27. The average molecular weight is 462 g/mol. The van der Waals surface area contributed by atoms with Crippen molar-refractivity contribution in [2.45, 2.75) is 26.4 Å². The summed E-state index contributed by atoms with van der Waals surface area (Å²) in [5.74, 6) is 2.27. The van der Waals surface area contributed by atoms with E-state index in [0.717, 1.165) is 28.3 Å². The molecule has 2 aromatic heterocycles. The van der Waals surface area contributed by atoms with Crippen LogP contribution in [-0.4, -0.2) is 34.5 Å². The number of nitrogens with zero attached hydrogens (tertiary/aromatic N) is 3. The maximum absolute atomic E-state index is 11.6. The number of ether oxygens (including phenoxy) is 3. The fraction of sp³-hybridized carbons (Fsp3) is 0.269. The van der Waals surface area contributed by atoms with Gasteiger partial charge in [0, 0.05) is 30.8 Å². The molecule has 4 aromatic rings. The maximum atomic E-state index is 11.6. The summed E-state index contributed by atoms with van der Waals surface area (Å²) in [5.41, 5.74) is 3.50. The molecule has 2 heterocycles. The van der Waals surface area contributed by atoms with Gasteiger partial charge in [0.15, 0.2) is 0 Å². The second-order valence-corrected chi connectivity index (χ2v) is 7.81. The second-order valence-electron chi connectivity index (χ2n) is 7.81. The van der Waals surface area contributed by atoms with Crippen LogP contribution >= 0.6 is 0 Å². The van der Waals surface area contributed by atoms with Crippen LogP contribution in [0.5, 0.6) is 11.6 Å². The third-order valence-corrected chi connectivity index (χ3v) is 5.25. The van der Waals surface area contributed by atoms with E-state index in [4.69, 9.17) is 18.6 Å². The Bertz CT molecular complexity index is 1230. The topological polar surface area (TPSA) is 88.6 Å². The van der Waals surface area contributed by atoms with Crippen molar-refractivity contribution in [1.82, 2.24) is 14.8 Å². The number of rotatable bonds is 10. The number of esters is 1. The minimum absolute atomic E-state index is 0.115. The van der Waals surface area contributed by atoms with Gasteiger partial charge in [-0.1, -0.05) is 30.3 Å². The van der Waals surface area contributed by atoms with Gasteiger partial charge in [-0.3, -0.25) is 9.48 Å². The molecule has 0 atom stereocenters. The van der Waals surface area contributed by atoms with E-state index in [1.54, 1.807) is 17.9 Å². The highest BCUT2D eigenvalue weighted by molar-refractivity contribution is 5.73. The highest BCUT2D eigenvalue weighted by Gasteiger charge is 2.14. The lowest BCUT2D eigenvalue weighted by atomic mass is 10.2. The molecule has 0 aliphatic carbocycles. The quantitative estimate of drug-likeness (QED) is 0.325. The van der Waals surface area contributed by atoms with Crippen molar-refractivity contribution in [2.24, 2.45) is 7.05 Å². The van der Waals surface area contributed by atoms with E-state index < -0.39 is 0 Å². The Hall–Kier alpha value is -4.07. The maximum Gasteiger partial charge on any atom is 0.310 e. The average Bonchev–Trinajstić information content (AvgIpc) is 3.40. The van der Waals surface area contributed by atoms with Crippen molar-refractivity contribution in [3.63, 3.8) is 0 Å². The summed E-state index contributed by atoms with van der Waals surface area (Å²) in [6.07, 6.45) is 2.52. The third kappa shape index (κ3) is 5.83. The number of aryl methyl sites for hydroxylation is 2. The van der Waals surface area contributed by atoms with E-state index in [1.165, 1.54) is 7.11 Å². The molecule has 0 radical (unpaired) electrons. The van der Waals surface area contributed by atoms with Crippen LogP contribution in [0, 0.1) is 6.92 Å². The normalized spacial score (nSPS) is 10.8. The van der Waals surface area contributed by atoms with E-state index in [0.29, 0.717) is 37.0 Å². The van der Waals surface area contributed by atoms with Crippen LogP contribution in [0.3, 0.4) is 0 Å². The van der Waals surface area contributed by atoms with Crippen molar-refractivity contribution in [2.75, 3.05) is 13.7 Å². The van der Waals surface area contributed by atoms with Gasteiger partial charge in [0.05, 0.1) is 25.8 Å². The summed E-state index contributed by atoms with van der Waals surface area (Å²) in [4.78, 5) is 16.2. The van der Waals surface area contributed by atoms with Gasteiger partial charge in [-0.25, -0.2) is 4.98 Å². The van der Waals surface area contributed by atoms with Crippen LogP contribution in [0.4, 0.5) is 0 Å². The fourth-order valence-corrected chi connectivity index (χ4v) is 3.45. The summed E-state index contributed by atoms with van der Waals surface area (Å²) in [6.45, 7) is 2.73. The van der Waals surface area contributed by atoms with Crippen molar-refractivity contribution >= 4 is 5.97 Å². The SMILES string of the molecule is COC(=O)Cc1cn(C)nc1OCc1ccc(OCCc2nc(-c3ccccc3)oc2C)cc1. The zero-order valence-electron chi connectivity index (χ0n) is 19.5. The van der Waals surface area contributed by atoms with Crippen molar-refractivity contribution < 1.29 is 23.4 Å². The molecule has 0 saturated carbocycles. The van der Waals surface area contributed by atoms with E-state index in [-0.39, 0.29) is 12.4 Å². The van der Waals surface area contributed by atoms with Crippen LogP contribution in [0.15, 0.2) is 65.2 Å². The highest BCUT2D eigenvalue weighted by atomic mass is 16.5. The molecule has 0 aliphatic rings. The Morgan fingerprint density at radius 2 is 1.82 bits per heavy atom. The number of hydrogen-bond acceptors (Lipinski definition) is 7. The number of oxazole rings is 1. The van der Waals surface area contributed by atoms with Crippen molar-refractivity contribution in [3.05, 3.63) is 83.4 Å². The fourth-order valence-electron chi connectivity index (χ4n) is 3.45. The first-order chi connectivity index (χ1) is 16.5. The van der Waals surface area contributed by atoms with Crippen LogP contribution in [-0.2, 0) is 36.0 Å². The number of carbonyl (C=O) groups excluding carboxylic acids is 1. The molecular formula is C26H27N3O5. The van der Waals surface area contributed by atoms with Crippen molar-refractivity contribution in [3.8, 4) is 23.1 Å². The standard InChI is InChI=1S/C26H27N3O5/c1-18-23(27-25(34-18)20-7-5-4-6-8-20)13-14-32-22-11-9-19(10-12-22)17-33-26-21(15-24(30)31-3)16-29(2)28-26/h4-12,16H,13-15,17H2,1-3H3. The molecule has 8 heteroatoms. The van der Waals surface area contributed by atoms with Gasteiger partial charge in [0.2, 0.25) is 11.8 Å². The van der Waals surface area contributed by atoms with Gasteiger partial charge >= 0.3 is 5.97 Å². The molecule has 0 amide bonds. The Morgan fingerprint density at radius 3 is 2.56 bits per heavy atom. The lowest BCUT2D eigenvalue weighted by Gasteiger charge is -2.08. The Morgan fingerprint density at radius 1 is 1.06 bits per heavy atom. The van der Waals surface area contributed by atoms with Gasteiger partial charge < -0.3 is 18.6 Å². The first-order valence-electron chi connectivity index (χ1n) is 11.0. The number of carbonyl (C=O) groups is 1. The van der Waals surface area contributed by atoms with Crippen LogP contribution in [0.25, 0.3) is 11.5 Å². The molecule has 34 heavy (non-hydrogen) atoms. The molecule has 0 fully saturated rings. The van der Waals surface area contributed by atoms with Crippen molar-refractivity contribution in [1.29, 1.82) is 0 Å². The molecule has 0 N–H and O–H groups in total.